The highest BCUT2D eigenvalue weighted by Crippen LogP contribution is 2.22. The van der Waals surface area contributed by atoms with Crippen LogP contribution >= 0.6 is 0 Å². The van der Waals surface area contributed by atoms with Crippen LogP contribution in [0.4, 0.5) is 0 Å². The molecule has 1 aliphatic heterocycles. The van der Waals surface area contributed by atoms with E-state index in [2.05, 4.69) is 0 Å². The molecule has 2 aromatic rings. The number of hydrogen-bond donors (Lipinski definition) is 0. The quantitative estimate of drug-likeness (QED) is 0.793. The summed E-state index contributed by atoms with van der Waals surface area (Å²) in [4.78, 5) is 13.7. The van der Waals surface area contributed by atoms with E-state index in [0.29, 0.717) is 5.75 Å². The van der Waals surface area contributed by atoms with E-state index in [1.807, 2.05) is 56.3 Å². The summed E-state index contributed by atoms with van der Waals surface area (Å²) in [6.07, 6.45) is 0. The lowest BCUT2D eigenvalue weighted by atomic mass is 10.1. The van der Waals surface area contributed by atoms with E-state index in [9.17, 15) is 13.2 Å². The Balaban J connectivity index is 1.52. The molecule has 1 saturated heterocycles. The third kappa shape index (κ3) is 4.12. The Morgan fingerprint density at radius 2 is 1.84 bits per heavy atom. The smallest absolute Gasteiger partial charge is 0.260 e. The number of likely N-dealkylation sites (tertiary alicyclic amines) is 1. The van der Waals surface area contributed by atoms with Crippen molar-refractivity contribution in [3.63, 3.8) is 0 Å². The Hall–Kier alpha value is -2.08. The average Bonchev–Trinajstić information content (AvgIpc) is 2.49. The van der Waals surface area contributed by atoms with Crippen LogP contribution in [0.1, 0.15) is 13.8 Å². The van der Waals surface area contributed by atoms with Crippen LogP contribution in [0.5, 0.6) is 5.75 Å². The molecule has 0 bridgehead atoms. The van der Waals surface area contributed by atoms with Gasteiger partial charge >= 0.3 is 0 Å². The number of rotatable bonds is 6. The predicted octanol–water partition coefficient (Wildman–Crippen LogP) is 2.50. The van der Waals surface area contributed by atoms with Crippen molar-refractivity contribution >= 4 is 26.5 Å². The summed E-state index contributed by atoms with van der Waals surface area (Å²) in [5, 5.41) is 1.73. The van der Waals surface area contributed by atoms with Crippen molar-refractivity contribution < 1.29 is 17.9 Å². The first-order valence-electron chi connectivity index (χ1n) is 8.46. The van der Waals surface area contributed by atoms with Gasteiger partial charge < -0.3 is 9.64 Å². The maximum atomic E-state index is 12.2. The molecule has 1 aliphatic rings. The van der Waals surface area contributed by atoms with E-state index in [4.69, 9.17) is 4.74 Å². The van der Waals surface area contributed by atoms with Crippen molar-refractivity contribution in [2.45, 2.75) is 19.1 Å². The van der Waals surface area contributed by atoms with Crippen LogP contribution in [-0.4, -0.2) is 49.9 Å². The normalized spacial score (nSPS) is 15.4. The molecule has 0 aliphatic carbocycles. The number of carbonyl (C=O) groups excluding carboxylic acids is 1. The van der Waals surface area contributed by atoms with Gasteiger partial charge in [0.1, 0.15) is 5.75 Å². The molecule has 6 heteroatoms. The maximum absolute atomic E-state index is 12.2. The molecule has 0 atom stereocenters. The van der Waals surface area contributed by atoms with Gasteiger partial charge in [-0.3, -0.25) is 4.79 Å². The lowest BCUT2D eigenvalue weighted by Gasteiger charge is -2.38. The van der Waals surface area contributed by atoms with E-state index in [1.54, 1.807) is 4.90 Å². The Morgan fingerprint density at radius 3 is 2.52 bits per heavy atom. The number of benzene rings is 2. The fourth-order valence-electron chi connectivity index (χ4n) is 2.96. The average molecular weight is 361 g/mol. The number of ether oxygens (including phenoxy) is 1. The largest absolute Gasteiger partial charge is 0.484 e. The number of hydrogen-bond acceptors (Lipinski definition) is 4. The third-order valence-corrected chi connectivity index (χ3v) is 6.80. The van der Waals surface area contributed by atoms with E-state index in [-0.39, 0.29) is 37.3 Å². The zero-order valence-corrected chi connectivity index (χ0v) is 15.3. The van der Waals surface area contributed by atoms with Gasteiger partial charge in [0.2, 0.25) is 0 Å². The van der Waals surface area contributed by atoms with Gasteiger partial charge in [-0.25, -0.2) is 8.42 Å². The molecule has 0 radical (unpaired) electrons. The van der Waals surface area contributed by atoms with Crippen LogP contribution in [0.15, 0.2) is 42.5 Å². The van der Waals surface area contributed by atoms with E-state index >= 15 is 0 Å². The molecule has 0 aromatic heterocycles. The summed E-state index contributed by atoms with van der Waals surface area (Å²) in [6, 6.07) is 13.6. The highest BCUT2D eigenvalue weighted by molar-refractivity contribution is 7.92. The number of nitrogens with zero attached hydrogens (tertiary/aromatic N) is 1. The first kappa shape index (κ1) is 17.7. The zero-order chi connectivity index (χ0) is 18.0. The van der Waals surface area contributed by atoms with Crippen LogP contribution < -0.4 is 4.74 Å². The third-order valence-electron chi connectivity index (χ3n) is 4.36. The van der Waals surface area contributed by atoms with Crippen molar-refractivity contribution in [3.8, 4) is 5.75 Å². The minimum atomic E-state index is -3.12. The summed E-state index contributed by atoms with van der Waals surface area (Å²) >= 11 is 0. The van der Waals surface area contributed by atoms with Gasteiger partial charge in [-0.15, -0.1) is 0 Å². The molecule has 3 rings (SSSR count). The standard InChI is InChI=1S/C19H23NO4S/c1-14(2)13-25(22,23)18-10-20(11-18)19(21)12-24-17-8-7-15-5-3-4-6-16(15)9-17/h3-9,14,18H,10-13H2,1-2H3. The van der Waals surface area contributed by atoms with Gasteiger partial charge in [-0.05, 0) is 28.8 Å². The Bertz CT molecular complexity index is 870. The van der Waals surface area contributed by atoms with Crippen molar-refractivity contribution in [2.75, 3.05) is 25.4 Å². The van der Waals surface area contributed by atoms with Crippen LogP contribution in [0.3, 0.4) is 0 Å². The highest BCUT2D eigenvalue weighted by atomic mass is 32.2. The molecule has 134 valence electrons. The van der Waals surface area contributed by atoms with Crippen molar-refractivity contribution in [1.29, 1.82) is 0 Å². The molecule has 25 heavy (non-hydrogen) atoms. The van der Waals surface area contributed by atoms with Crippen molar-refractivity contribution in [2.24, 2.45) is 5.92 Å². The summed E-state index contributed by atoms with van der Waals surface area (Å²) in [5.41, 5.74) is 0. The molecule has 0 saturated carbocycles. The molecular weight excluding hydrogens is 338 g/mol. The SMILES string of the molecule is CC(C)CS(=O)(=O)C1CN(C(=O)COc2ccc3ccccc3c2)C1. The van der Waals surface area contributed by atoms with Gasteiger partial charge in [-0.2, -0.15) is 0 Å². The second kappa shape index (κ2) is 7.04. The van der Waals surface area contributed by atoms with Crippen LogP contribution in [0, 0.1) is 5.92 Å². The van der Waals surface area contributed by atoms with Gasteiger partial charge in [0, 0.05) is 13.1 Å². The lowest BCUT2D eigenvalue weighted by molar-refractivity contribution is -0.136. The van der Waals surface area contributed by atoms with Gasteiger partial charge in [0.05, 0.1) is 11.0 Å². The van der Waals surface area contributed by atoms with E-state index in [0.717, 1.165) is 10.8 Å². The Kier molecular flexibility index (Phi) is 4.99. The first-order chi connectivity index (χ1) is 11.8. The number of sulfone groups is 1. The lowest BCUT2D eigenvalue weighted by Crippen LogP contribution is -2.58. The summed E-state index contributed by atoms with van der Waals surface area (Å²) in [7, 11) is -3.12. The Labute approximate surface area is 148 Å². The van der Waals surface area contributed by atoms with Crippen molar-refractivity contribution in [1.82, 2.24) is 4.90 Å². The minimum Gasteiger partial charge on any atom is -0.484 e. The zero-order valence-electron chi connectivity index (χ0n) is 14.5. The van der Waals surface area contributed by atoms with Gasteiger partial charge in [-0.1, -0.05) is 44.2 Å². The molecule has 1 fully saturated rings. The van der Waals surface area contributed by atoms with Crippen molar-refractivity contribution in [3.05, 3.63) is 42.5 Å². The molecule has 5 nitrogen and oxygen atoms in total. The molecule has 0 N–H and O–H groups in total. The maximum Gasteiger partial charge on any atom is 0.260 e. The van der Waals surface area contributed by atoms with Crippen LogP contribution in [0.25, 0.3) is 10.8 Å². The highest BCUT2D eigenvalue weighted by Gasteiger charge is 2.39. The van der Waals surface area contributed by atoms with Gasteiger partial charge in [0.15, 0.2) is 16.4 Å². The second-order valence-corrected chi connectivity index (χ2v) is 9.27. The molecule has 0 spiro atoms. The summed E-state index contributed by atoms with van der Waals surface area (Å²) in [6.45, 7) is 4.24. The molecular formula is C19H23NO4S. The molecule has 0 unspecified atom stereocenters. The van der Waals surface area contributed by atoms with E-state index in [1.165, 1.54) is 0 Å². The Morgan fingerprint density at radius 1 is 1.16 bits per heavy atom. The second-order valence-electron chi connectivity index (χ2n) is 6.94. The summed E-state index contributed by atoms with van der Waals surface area (Å²) in [5.74, 6) is 0.736. The predicted molar refractivity (Wildman–Crippen MR) is 98.4 cm³/mol. The number of amides is 1. The topological polar surface area (TPSA) is 63.7 Å². The fourth-order valence-corrected chi connectivity index (χ4v) is 4.98. The summed E-state index contributed by atoms with van der Waals surface area (Å²) < 4.78 is 29.8. The molecule has 1 heterocycles. The van der Waals surface area contributed by atoms with Crippen LogP contribution in [0.2, 0.25) is 0 Å². The monoisotopic (exact) mass is 361 g/mol. The number of fused-ring (bicyclic) bond motifs is 1. The first-order valence-corrected chi connectivity index (χ1v) is 10.2. The fraction of sp³-hybridized carbons (Fsp3) is 0.421. The molecule has 2 aromatic carbocycles. The van der Waals surface area contributed by atoms with Gasteiger partial charge in [0.25, 0.3) is 5.91 Å². The molecule has 1 amide bonds. The van der Waals surface area contributed by atoms with Crippen LogP contribution in [-0.2, 0) is 14.6 Å². The number of carbonyl (C=O) groups is 1. The minimum absolute atomic E-state index is 0.0741. The van der Waals surface area contributed by atoms with E-state index < -0.39 is 15.1 Å².